The highest BCUT2D eigenvalue weighted by molar-refractivity contribution is 9.10. The Balaban J connectivity index is 1.74. The highest BCUT2D eigenvalue weighted by Crippen LogP contribution is 2.32. The van der Waals surface area contributed by atoms with Gasteiger partial charge in [0.25, 0.3) is 0 Å². The molecule has 4 rings (SSSR count). The molecule has 1 aromatic heterocycles. The van der Waals surface area contributed by atoms with Crippen molar-refractivity contribution in [2.45, 2.75) is 32.8 Å². The van der Waals surface area contributed by atoms with Crippen LogP contribution >= 0.6 is 15.9 Å². The Morgan fingerprint density at radius 3 is 2.77 bits per heavy atom. The molecule has 0 fully saturated rings. The SMILES string of the molecule is CC(C)(C)OC(=O)N1CCc2ccc(-n3cnc4ccc(Br)cc43)cc21. The fraction of sp³-hybridized carbons (Fsp3) is 0.300. The maximum absolute atomic E-state index is 12.6. The lowest BCUT2D eigenvalue weighted by Gasteiger charge is -2.25. The van der Waals surface area contributed by atoms with Crippen LogP contribution in [-0.4, -0.2) is 27.8 Å². The van der Waals surface area contributed by atoms with E-state index in [1.807, 2.05) is 55.9 Å². The lowest BCUT2D eigenvalue weighted by atomic mass is 10.1. The van der Waals surface area contributed by atoms with E-state index in [4.69, 9.17) is 4.74 Å². The van der Waals surface area contributed by atoms with E-state index in [1.54, 1.807) is 4.90 Å². The van der Waals surface area contributed by atoms with E-state index >= 15 is 0 Å². The lowest BCUT2D eigenvalue weighted by Crippen LogP contribution is -2.35. The molecular weight excluding hydrogens is 394 g/mol. The van der Waals surface area contributed by atoms with Crippen molar-refractivity contribution in [1.29, 1.82) is 0 Å². The van der Waals surface area contributed by atoms with Gasteiger partial charge in [-0.2, -0.15) is 0 Å². The van der Waals surface area contributed by atoms with Crippen LogP contribution in [0.15, 0.2) is 47.2 Å². The van der Waals surface area contributed by atoms with Crippen LogP contribution in [0.2, 0.25) is 0 Å². The molecule has 1 aliphatic heterocycles. The number of halogens is 1. The predicted molar refractivity (Wildman–Crippen MR) is 106 cm³/mol. The van der Waals surface area contributed by atoms with Crippen molar-refractivity contribution in [1.82, 2.24) is 9.55 Å². The highest BCUT2D eigenvalue weighted by Gasteiger charge is 2.29. The molecule has 1 amide bonds. The molecule has 0 saturated carbocycles. The molecule has 2 aromatic carbocycles. The van der Waals surface area contributed by atoms with E-state index in [1.165, 1.54) is 0 Å². The number of anilines is 1. The first kappa shape index (κ1) is 17.1. The molecular formula is C20H20BrN3O2. The molecule has 0 N–H and O–H groups in total. The van der Waals surface area contributed by atoms with Crippen molar-refractivity contribution in [3.05, 3.63) is 52.8 Å². The van der Waals surface area contributed by atoms with Gasteiger partial charge < -0.3 is 4.74 Å². The maximum Gasteiger partial charge on any atom is 0.414 e. The molecule has 5 nitrogen and oxygen atoms in total. The van der Waals surface area contributed by atoms with E-state index in [2.05, 4.69) is 33.0 Å². The number of rotatable bonds is 1. The van der Waals surface area contributed by atoms with E-state index in [-0.39, 0.29) is 6.09 Å². The zero-order valence-electron chi connectivity index (χ0n) is 15.0. The van der Waals surface area contributed by atoms with Gasteiger partial charge in [0, 0.05) is 16.7 Å². The van der Waals surface area contributed by atoms with Crippen LogP contribution in [0.25, 0.3) is 16.7 Å². The number of imidazole rings is 1. The van der Waals surface area contributed by atoms with Gasteiger partial charge in [-0.15, -0.1) is 0 Å². The highest BCUT2D eigenvalue weighted by atomic mass is 79.9. The molecule has 0 saturated heterocycles. The van der Waals surface area contributed by atoms with Crippen LogP contribution in [0.4, 0.5) is 10.5 Å². The smallest absolute Gasteiger partial charge is 0.414 e. The summed E-state index contributed by atoms with van der Waals surface area (Å²) in [6.07, 6.45) is 2.35. The van der Waals surface area contributed by atoms with Gasteiger partial charge in [-0.25, -0.2) is 9.78 Å². The molecule has 0 aliphatic carbocycles. The molecule has 0 bridgehead atoms. The third-order valence-electron chi connectivity index (χ3n) is 4.37. The van der Waals surface area contributed by atoms with Gasteiger partial charge in [-0.3, -0.25) is 9.47 Å². The number of aromatic nitrogens is 2. The number of amides is 1. The molecule has 3 aromatic rings. The molecule has 0 radical (unpaired) electrons. The summed E-state index contributed by atoms with van der Waals surface area (Å²) in [5, 5.41) is 0. The minimum Gasteiger partial charge on any atom is -0.443 e. The molecule has 1 aliphatic rings. The second-order valence-electron chi connectivity index (χ2n) is 7.44. The Morgan fingerprint density at radius 2 is 2.00 bits per heavy atom. The lowest BCUT2D eigenvalue weighted by molar-refractivity contribution is 0.0584. The number of nitrogens with zero attached hydrogens (tertiary/aromatic N) is 3. The van der Waals surface area contributed by atoms with Crippen LogP contribution in [0.5, 0.6) is 0 Å². The Hall–Kier alpha value is -2.34. The van der Waals surface area contributed by atoms with Crippen molar-refractivity contribution in [3.63, 3.8) is 0 Å². The Kier molecular flexibility index (Phi) is 4.03. The summed E-state index contributed by atoms with van der Waals surface area (Å²) in [7, 11) is 0. The van der Waals surface area contributed by atoms with Gasteiger partial charge in [0.1, 0.15) is 11.9 Å². The summed E-state index contributed by atoms with van der Waals surface area (Å²) < 4.78 is 8.59. The van der Waals surface area contributed by atoms with E-state index in [0.717, 1.165) is 38.9 Å². The van der Waals surface area contributed by atoms with Crippen LogP contribution in [0.1, 0.15) is 26.3 Å². The number of hydrogen-bond donors (Lipinski definition) is 0. The van der Waals surface area contributed by atoms with E-state index in [0.29, 0.717) is 6.54 Å². The second kappa shape index (κ2) is 6.13. The average Bonchev–Trinajstić information content (AvgIpc) is 3.15. The van der Waals surface area contributed by atoms with Crippen LogP contribution in [0, 0.1) is 0 Å². The molecule has 0 unspecified atom stereocenters. The Labute approximate surface area is 160 Å². The third-order valence-corrected chi connectivity index (χ3v) is 4.86. The minimum absolute atomic E-state index is 0.299. The number of ether oxygens (including phenoxy) is 1. The number of hydrogen-bond acceptors (Lipinski definition) is 3. The number of fused-ring (bicyclic) bond motifs is 2. The molecule has 0 atom stereocenters. The topological polar surface area (TPSA) is 47.4 Å². The zero-order valence-corrected chi connectivity index (χ0v) is 16.6. The van der Waals surface area contributed by atoms with Crippen LogP contribution in [-0.2, 0) is 11.2 Å². The van der Waals surface area contributed by atoms with E-state index in [9.17, 15) is 4.79 Å². The van der Waals surface area contributed by atoms with Crippen molar-refractivity contribution in [2.75, 3.05) is 11.4 Å². The number of benzene rings is 2. The third kappa shape index (κ3) is 3.09. The summed E-state index contributed by atoms with van der Waals surface area (Å²) in [6, 6.07) is 12.2. The first-order chi connectivity index (χ1) is 12.3. The molecule has 26 heavy (non-hydrogen) atoms. The van der Waals surface area contributed by atoms with Gasteiger partial charge in [0.15, 0.2) is 0 Å². The van der Waals surface area contributed by atoms with Gasteiger partial charge >= 0.3 is 6.09 Å². The molecule has 134 valence electrons. The van der Waals surface area contributed by atoms with Gasteiger partial charge in [0.05, 0.1) is 16.7 Å². The summed E-state index contributed by atoms with van der Waals surface area (Å²) in [5.74, 6) is 0. The zero-order chi connectivity index (χ0) is 18.5. The normalized spacial score (nSPS) is 13.9. The van der Waals surface area contributed by atoms with Crippen LogP contribution < -0.4 is 4.90 Å². The number of carbonyl (C=O) groups is 1. The van der Waals surface area contributed by atoms with Gasteiger partial charge in [0.2, 0.25) is 0 Å². The van der Waals surface area contributed by atoms with Crippen LogP contribution in [0.3, 0.4) is 0 Å². The van der Waals surface area contributed by atoms with Crippen molar-refractivity contribution in [2.24, 2.45) is 0 Å². The fourth-order valence-corrected chi connectivity index (χ4v) is 3.56. The Morgan fingerprint density at radius 1 is 1.19 bits per heavy atom. The predicted octanol–water partition coefficient (Wildman–Crippen LogP) is 5.09. The van der Waals surface area contributed by atoms with E-state index < -0.39 is 5.60 Å². The van der Waals surface area contributed by atoms with Gasteiger partial charge in [-0.1, -0.05) is 22.0 Å². The summed E-state index contributed by atoms with van der Waals surface area (Å²) in [6.45, 7) is 6.29. The summed E-state index contributed by atoms with van der Waals surface area (Å²) in [5.41, 5.74) is 4.47. The van der Waals surface area contributed by atoms with Gasteiger partial charge in [-0.05, 0) is 63.1 Å². The maximum atomic E-state index is 12.6. The quantitative estimate of drug-likeness (QED) is 0.558. The van der Waals surface area contributed by atoms with Crippen molar-refractivity contribution >= 4 is 38.7 Å². The fourth-order valence-electron chi connectivity index (χ4n) is 3.21. The monoisotopic (exact) mass is 413 g/mol. The summed E-state index contributed by atoms with van der Waals surface area (Å²) >= 11 is 3.52. The average molecular weight is 414 g/mol. The first-order valence-electron chi connectivity index (χ1n) is 8.58. The molecule has 0 spiro atoms. The summed E-state index contributed by atoms with van der Waals surface area (Å²) in [4.78, 5) is 18.7. The molecule has 2 heterocycles. The standard InChI is InChI=1S/C20H20BrN3O2/c1-20(2,3)26-19(25)23-9-8-13-4-6-15(11-17(13)23)24-12-22-16-7-5-14(21)10-18(16)24/h4-7,10-12H,8-9H2,1-3H3. The molecule has 6 heteroatoms. The second-order valence-corrected chi connectivity index (χ2v) is 8.36. The number of carbonyl (C=O) groups excluding carboxylic acids is 1. The largest absolute Gasteiger partial charge is 0.443 e. The minimum atomic E-state index is -0.510. The Bertz CT molecular complexity index is 1000. The van der Waals surface area contributed by atoms with Crippen molar-refractivity contribution in [3.8, 4) is 5.69 Å². The first-order valence-corrected chi connectivity index (χ1v) is 9.37. The van der Waals surface area contributed by atoms with Crippen molar-refractivity contribution < 1.29 is 9.53 Å².